The molecule has 0 saturated heterocycles. The van der Waals surface area contributed by atoms with Gasteiger partial charge in [-0.15, -0.1) is 0 Å². The van der Waals surface area contributed by atoms with Gasteiger partial charge in [-0.3, -0.25) is 4.98 Å². The highest BCUT2D eigenvalue weighted by molar-refractivity contribution is 6.32. The Kier molecular flexibility index (Phi) is 3.30. The number of nitrogens with one attached hydrogen (secondary N) is 1. The zero-order chi connectivity index (χ0) is 13.2. The smallest absolute Gasteiger partial charge is 0.139 e. The lowest BCUT2D eigenvalue weighted by atomic mass is 10.2. The predicted octanol–water partition coefficient (Wildman–Crippen LogP) is 3.84. The first-order valence-electron chi connectivity index (χ1n) is 6.32. The van der Waals surface area contributed by atoms with Crippen molar-refractivity contribution in [2.75, 3.05) is 12.4 Å². The van der Waals surface area contributed by atoms with Gasteiger partial charge >= 0.3 is 0 Å². The molecule has 0 bridgehead atoms. The van der Waals surface area contributed by atoms with Crippen LogP contribution in [0.1, 0.15) is 23.7 Å². The van der Waals surface area contributed by atoms with Crippen LogP contribution in [-0.2, 0) is 6.42 Å². The molecule has 1 unspecified atom stereocenters. The normalized spacial score (nSPS) is 17.1. The highest BCUT2D eigenvalue weighted by atomic mass is 35.5. The van der Waals surface area contributed by atoms with Crippen molar-refractivity contribution in [2.24, 2.45) is 0 Å². The fourth-order valence-electron chi connectivity index (χ4n) is 2.50. The number of methoxy groups -OCH3 is 1. The van der Waals surface area contributed by atoms with Gasteiger partial charge in [-0.05, 0) is 36.6 Å². The van der Waals surface area contributed by atoms with E-state index in [0.717, 1.165) is 24.2 Å². The molecule has 3 nitrogen and oxygen atoms in total. The molecule has 0 amide bonds. The minimum absolute atomic E-state index is 0.266. The lowest BCUT2D eigenvalue weighted by Gasteiger charge is -2.15. The summed E-state index contributed by atoms with van der Waals surface area (Å²) in [5.74, 6) is 0.686. The van der Waals surface area contributed by atoms with E-state index >= 15 is 0 Å². The van der Waals surface area contributed by atoms with Gasteiger partial charge in [0, 0.05) is 18.0 Å². The maximum Gasteiger partial charge on any atom is 0.139 e. The monoisotopic (exact) mass is 274 g/mol. The Labute approximate surface area is 117 Å². The first kappa shape index (κ1) is 12.3. The molecule has 2 aromatic rings. The Morgan fingerprint density at radius 1 is 1.37 bits per heavy atom. The Hall–Kier alpha value is -1.74. The molecule has 1 N–H and O–H groups in total. The molecule has 19 heavy (non-hydrogen) atoms. The average molecular weight is 275 g/mol. The van der Waals surface area contributed by atoms with Crippen molar-refractivity contribution in [1.82, 2.24) is 4.98 Å². The van der Waals surface area contributed by atoms with Crippen LogP contribution in [0.25, 0.3) is 0 Å². The third-order valence-electron chi connectivity index (χ3n) is 3.45. The van der Waals surface area contributed by atoms with Crippen molar-refractivity contribution < 1.29 is 4.74 Å². The number of aromatic nitrogens is 1. The summed E-state index contributed by atoms with van der Waals surface area (Å²) >= 11 is 6.03. The number of ether oxygens (including phenoxy) is 1. The molecule has 1 atom stereocenters. The second-order valence-corrected chi connectivity index (χ2v) is 5.04. The number of aryl methyl sites for hydroxylation is 1. The summed E-state index contributed by atoms with van der Waals surface area (Å²) in [5, 5.41) is 4.12. The number of hydrogen-bond donors (Lipinski definition) is 1. The quantitative estimate of drug-likeness (QED) is 0.923. The Bertz CT molecular complexity index is 600. The molecule has 4 heteroatoms. The number of pyridine rings is 1. The Balaban J connectivity index is 1.83. The fourth-order valence-corrected chi connectivity index (χ4v) is 2.70. The molecule has 0 fully saturated rings. The highest BCUT2D eigenvalue weighted by Gasteiger charge is 2.23. The molecule has 1 aliphatic carbocycles. The van der Waals surface area contributed by atoms with Crippen molar-refractivity contribution in [3.05, 3.63) is 52.8 Å². The molecule has 1 aromatic carbocycles. The van der Waals surface area contributed by atoms with Crippen LogP contribution in [0.5, 0.6) is 5.75 Å². The maximum absolute atomic E-state index is 6.03. The van der Waals surface area contributed by atoms with Crippen LogP contribution in [-0.4, -0.2) is 12.1 Å². The summed E-state index contributed by atoms with van der Waals surface area (Å²) in [6, 6.07) is 10.1. The van der Waals surface area contributed by atoms with Gasteiger partial charge in [0.2, 0.25) is 0 Å². The Morgan fingerprint density at radius 2 is 2.26 bits per heavy atom. The second kappa shape index (κ2) is 5.10. The van der Waals surface area contributed by atoms with E-state index in [2.05, 4.69) is 16.4 Å². The van der Waals surface area contributed by atoms with Crippen LogP contribution < -0.4 is 10.1 Å². The molecular weight excluding hydrogens is 260 g/mol. The summed E-state index contributed by atoms with van der Waals surface area (Å²) in [4.78, 5) is 4.48. The third-order valence-corrected chi connectivity index (χ3v) is 3.76. The van der Waals surface area contributed by atoms with Gasteiger partial charge in [0.05, 0.1) is 23.9 Å². The van der Waals surface area contributed by atoms with Crippen molar-refractivity contribution in [2.45, 2.75) is 18.9 Å². The lowest BCUT2D eigenvalue weighted by Crippen LogP contribution is -2.08. The third kappa shape index (κ3) is 2.38. The van der Waals surface area contributed by atoms with Crippen molar-refractivity contribution in [1.29, 1.82) is 0 Å². The molecule has 0 saturated carbocycles. The van der Waals surface area contributed by atoms with E-state index in [1.54, 1.807) is 7.11 Å². The minimum Gasteiger partial charge on any atom is -0.495 e. The van der Waals surface area contributed by atoms with Gasteiger partial charge in [-0.1, -0.05) is 17.7 Å². The maximum atomic E-state index is 6.03. The number of nitrogens with zero attached hydrogens (tertiary/aromatic N) is 1. The van der Waals surface area contributed by atoms with E-state index < -0.39 is 0 Å². The summed E-state index contributed by atoms with van der Waals surface area (Å²) in [6.45, 7) is 0. The molecule has 3 rings (SSSR count). The van der Waals surface area contributed by atoms with E-state index in [1.807, 2.05) is 30.5 Å². The number of halogens is 1. The van der Waals surface area contributed by atoms with Gasteiger partial charge < -0.3 is 10.1 Å². The summed E-state index contributed by atoms with van der Waals surface area (Å²) in [6.07, 6.45) is 3.99. The summed E-state index contributed by atoms with van der Waals surface area (Å²) in [7, 11) is 1.62. The van der Waals surface area contributed by atoms with Crippen LogP contribution in [0.4, 0.5) is 5.69 Å². The fraction of sp³-hybridized carbons (Fsp3) is 0.267. The van der Waals surface area contributed by atoms with E-state index in [1.165, 1.54) is 5.56 Å². The molecule has 1 heterocycles. The first-order valence-corrected chi connectivity index (χ1v) is 6.69. The predicted molar refractivity (Wildman–Crippen MR) is 76.9 cm³/mol. The molecule has 0 spiro atoms. The van der Waals surface area contributed by atoms with Crippen molar-refractivity contribution in [3.63, 3.8) is 0 Å². The second-order valence-electron chi connectivity index (χ2n) is 4.63. The van der Waals surface area contributed by atoms with Gasteiger partial charge in [0.15, 0.2) is 0 Å². The molecule has 0 aliphatic heterocycles. The van der Waals surface area contributed by atoms with Gasteiger partial charge in [0.1, 0.15) is 5.75 Å². The van der Waals surface area contributed by atoms with E-state index in [9.17, 15) is 0 Å². The summed E-state index contributed by atoms with van der Waals surface area (Å²) < 4.78 is 5.23. The number of hydrogen-bond acceptors (Lipinski definition) is 3. The SMILES string of the molecule is COc1cc(NC2CCc3cccnc32)ccc1Cl. The van der Waals surface area contributed by atoms with Gasteiger partial charge in [-0.2, -0.15) is 0 Å². The number of benzene rings is 1. The van der Waals surface area contributed by atoms with Crippen LogP contribution in [0.15, 0.2) is 36.5 Å². The van der Waals surface area contributed by atoms with Gasteiger partial charge in [-0.25, -0.2) is 0 Å². The van der Waals surface area contributed by atoms with E-state index in [4.69, 9.17) is 16.3 Å². The van der Waals surface area contributed by atoms with Crippen LogP contribution in [0.2, 0.25) is 5.02 Å². The molecule has 0 radical (unpaired) electrons. The van der Waals surface area contributed by atoms with Crippen LogP contribution in [0.3, 0.4) is 0 Å². The van der Waals surface area contributed by atoms with Crippen molar-refractivity contribution in [3.8, 4) is 5.75 Å². The van der Waals surface area contributed by atoms with Crippen LogP contribution in [0, 0.1) is 0 Å². The number of fused-ring (bicyclic) bond motifs is 1. The molecule has 98 valence electrons. The standard InChI is InChI=1S/C15H15ClN2O/c1-19-14-9-11(5-6-12(14)16)18-13-7-4-10-3-2-8-17-15(10)13/h2-3,5-6,8-9,13,18H,4,7H2,1H3. The zero-order valence-electron chi connectivity index (χ0n) is 10.7. The summed E-state index contributed by atoms with van der Waals surface area (Å²) in [5.41, 5.74) is 3.49. The van der Waals surface area contributed by atoms with Gasteiger partial charge in [0.25, 0.3) is 0 Å². The van der Waals surface area contributed by atoms with Crippen molar-refractivity contribution >= 4 is 17.3 Å². The first-order chi connectivity index (χ1) is 9.28. The average Bonchev–Trinajstić information content (AvgIpc) is 2.84. The van der Waals surface area contributed by atoms with E-state index in [-0.39, 0.29) is 6.04 Å². The molecular formula is C15H15ClN2O. The van der Waals surface area contributed by atoms with Crippen LogP contribution >= 0.6 is 11.6 Å². The topological polar surface area (TPSA) is 34.1 Å². The number of anilines is 1. The minimum atomic E-state index is 0.266. The van der Waals surface area contributed by atoms with E-state index in [0.29, 0.717) is 10.8 Å². The number of rotatable bonds is 3. The largest absolute Gasteiger partial charge is 0.495 e. The zero-order valence-corrected chi connectivity index (χ0v) is 11.4. The lowest BCUT2D eigenvalue weighted by molar-refractivity contribution is 0.415. The highest BCUT2D eigenvalue weighted by Crippen LogP contribution is 2.34. The molecule has 1 aromatic heterocycles. The molecule has 1 aliphatic rings. The Morgan fingerprint density at radius 3 is 3.11 bits per heavy atom.